The van der Waals surface area contributed by atoms with Crippen LogP contribution in [0.4, 0.5) is 0 Å². The van der Waals surface area contributed by atoms with Crippen LogP contribution < -0.4 is 5.32 Å². The molecule has 7 nitrogen and oxygen atoms in total. The number of halogens is 1. The zero-order valence-electron chi connectivity index (χ0n) is 17.4. The van der Waals surface area contributed by atoms with Crippen LogP contribution in [0.15, 0.2) is 59.9 Å². The summed E-state index contributed by atoms with van der Waals surface area (Å²) in [4.78, 5) is 18.8. The van der Waals surface area contributed by atoms with Crippen molar-refractivity contribution in [1.29, 1.82) is 0 Å². The zero-order chi connectivity index (χ0) is 21.6. The number of nitrogens with one attached hydrogen (secondary N) is 1. The van der Waals surface area contributed by atoms with Crippen molar-refractivity contribution in [3.8, 4) is 0 Å². The van der Waals surface area contributed by atoms with Gasteiger partial charge in [0.05, 0.1) is 11.6 Å². The van der Waals surface area contributed by atoms with Crippen LogP contribution in [0.3, 0.4) is 0 Å². The van der Waals surface area contributed by atoms with E-state index in [0.717, 1.165) is 48.3 Å². The van der Waals surface area contributed by atoms with Crippen LogP contribution in [0.5, 0.6) is 0 Å². The third kappa shape index (κ3) is 5.37. The molecule has 1 aliphatic heterocycles. The second kappa shape index (κ2) is 9.85. The average molecular weight is 437 g/mol. The topological polar surface area (TPSA) is 75.9 Å². The molecule has 31 heavy (non-hydrogen) atoms. The van der Waals surface area contributed by atoms with Gasteiger partial charge >= 0.3 is 0 Å². The van der Waals surface area contributed by atoms with E-state index >= 15 is 0 Å². The van der Waals surface area contributed by atoms with Crippen molar-refractivity contribution >= 4 is 23.6 Å². The molecule has 0 fully saturated rings. The number of rotatable bonds is 6. The van der Waals surface area contributed by atoms with Crippen LogP contribution in [0, 0.1) is 0 Å². The van der Waals surface area contributed by atoms with Crippen molar-refractivity contribution in [1.82, 2.24) is 30.0 Å². The fourth-order valence-corrected chi connectivity index (χ4v) is 3.99. The summed E-state index contributed by atoms with van der Waals surface area (Å²) < 4.78 is 2.11. The number of aromatic nitrogens is 4. The first-order chi connectivity index (χ1) is 15.1. The number of nitrogens with zero attached hydrogens (tertiary/aromatic N) is 5. The average Bonchev–Trinajstić information content (AvgIpc) is 3.10. The Labute approximate surface area is 186 Å². The third-order valence-corrected chi connectivity index (χ3v) is 5.53. The van der Waals surface area contributed by atoms with Crippen LogP contribution in [0.25, 0.3) is 6.08 Å². The Balaban J connectivity index is 1.39. The van der Waals surface area contributed by atoms with E-state index in [9.17, 15) is 4.79 Å². The van der Waals surface area contributed by atoms with Crippen molar-refractivity contribution in [2.24, 2.45) is 0 Å². The van der Waals surface area contributed by atoms with Gasteiger partial charge in [-0.05, 0) is 30.7 Å². The maximum atomic E-state index is 12.5. The van der Waals surface area contributed by atoms with Crippen LogP contribution in [0.2, 0.25) is 0 Å². The van der Waals surface area contributed by atoms with Crippen LogP contribution in [0.1, 0.15) is 40.5 Å². The number of pyridine rings is 1. The van der Waals surface area contributed by atoms with Crippen LogP contribution >= 0.6 is 11.6 Å². The molecular weight excluding hydrogens is 412 g/mol. The predicted molar refractivity (Wildman–Crippen MR) is 121 cm³/mol. The maximum absolute atomic E-state index is 12.5. The maximum Gasteiger partial charge on any atom is 0.253 e. The number of hydrogen-bond donors (Lipinski definition) is 1. The molecule has 160 valence electrons. The zero-order valence-corrected chi connectivity index (χ0v) is 18.2. The summed E-state index contributed by atoms with van der Waals surface area (Å²) in [7, 11) is 0. The third-order valence-electron chi connectivity index (χ3n) is 5.30. The number of fused-ring (bicyclic) bond motifs is 1. The molecule has 0 saturated heterocycles. The Morgan fingerprint density at radius 2 is 2.00 bits per heavy atom. The lowest BCUT2D eigenvalue weighted by Crippen LogP contribution is -2.30. The minimum absolute atomic E-state index is 0.175. The molecule has 3 aromatic rings. The Morgan fingerprint density at radius 3 is 2.77 bits per heavy atom. The molecule has 8 heteroatoms. The van der Waals surface area contributed by atoms with Crippen molar-refractivity contribution in [3.05, 3.63) is 82.7 Å². The molecule has 3 heterocycles. The van der Waals surface area contributed by atoms with E-state index in [0.29, 0.717) is 12.1 Å². The first kappa shape index (κ1) is 21.2. The van der Waals surface area contributed by atoms with Gasteiger partial charge in [-0.3, -0.25) is 14.7 Å². The summed E-state index contributed by atoms with van der Waals surface area (Å²) in [6.07, 6.45) is 5.99. The van der Waals surface area contributed by atoms with Crippen LogP contribution in [-0.4, -0.2) is 50.2 Å². The highest BCUT2D eigenvalue weighted by molar-refractivity contribution is 6.31. The highest BCUT2D eigenvalue weighted by Gasteiger charge is 2.23. The predicted octanol–water partition coefficient (Wildman–Crippen LogP) is 3.30. The SMILES string of the molecule is CC(NC(=O)c1cccnc1)c1nnc2n1CCN(C/C(Cl)=C/c1ccccc1)CC2. The molecule has 2 aromatic heterocycles. The molecule has 1 aromatic carbocycles. The monoisotopic (exact) mass is 436 g/mol. The summed E-state index contributed by atoms with van der Waals surface area (Å²) in [6.45, 7) is 5.05. The van der Waals surface area contributed by atoms with E-state index in [1.165, 1.54) is 0 Å². The van der Waals surface area contributed by atoms with Crippen molar-refractivity contribution in [2.75, 3.05) is 19.6 Å². The molecule has 1 unspecified atom stereocenters. The minimum Gasteiger partial charge on any atom is -0.342 e. The lowest BCUT2D eigenvalue weighted by Gasteiger charge is -2.19. The quantitative estimate of drug-likeness (QED) is 0.641. The van der Waals surface area contributed by atoms with Crippen molar-refractivity contribution in [2.45, 2.75) is 25.9 Å². The minimum atomic E-state index is -0.262. The smallest absolute Gasteiger partial charge is 0.253 e. The molecular formula is C23H25ClN6O. The number of carbonyl (C=O) groups excluding carboxylic acids is 1. The Hall–Kier alpha value is -3.03. The first-order valence-corrected chi connectivity index (χ1v) is 10.7. The molecule has 0 spiro atoms. The lowest BCUT2D eigenvalue weighted by atomic mass is 10.2. The van der Waals surface area contributed by atoms with Gasteiger partial charge in [-0.15, -0.1) is 10.2 Å². The summed E-state index contributed by atoms with van der Waals surface area (Å²) in [6, 6.07) is 13.3. The molecule has 0 saturated carbocycles. The Bertz CT molecular complexity index is 1050. The molecule has 0 bridgehead atoms. The standard InChI is InChI=1S/C23H25ClN6O/c1-17(26-23(31)19-8-5-10-25-15-19)22-28-27-21-9-11-29(12-13-30(21)22)16-20(24)14-18-6-3-2-4-7-18/h2-8,10,14-15,17H,9,11-13,16H2,1H3,(H,26,31)/b20-14-. The van der Waals surface area contributed by atoms with E-state index < -0.39 is 0 Å². The number of hydrogen-bond acceptors (Lipinski definition) is 5. The number of amides is 1. The van der Waals surface area contributed by atoms with Gasteiger partial charge in [0.1, 0.15) is 5.82 Å². The normalized spacial score (nSPS) is 15.7. The molecule has 1 aliphatic rings. The highest BCUT2D eigenvalue weighted by atomic mass is 35.5. The fourth-order valence-electron chi connectivity index (χ4n) is 3.70. The van der Waals surface area contributed by atoms with Crippen molar-refractivity contribution in [3.63, 3.8) is 0 Å². The second-order valence-electron chi connectivity index (χ2n) is 7.59. The summed E-state index contributed by atoms with van der Waals surface area (Å²) in [5, 5.41) is 12.5. The van der Waals surface area contributed by atoms with Gasteiger partial charge in [-0.25, -0.2) is 0 Å². The largest absolute Gasteiger partial charge is 0.342 e. The van der Waals surface area contributed by atoms with Gasteiger partial charge < -0.3 is 9.88 Å². The van der Waals surface area contributed by atoms with Gasteiger partial charge in [0, 0.05) is 50.0 Å². The lowest BCUT2D eigenvalue weighted by molar-refractivity contribution is 0.0937. The first-order valence-electron chi connectivity index (χ1n) is 10.4. The number of carbonyl (C=O) groups is 1. The summed E-state index contributed by atoms with van der Waals surface area (Å²) >= 11 is 6.52. The van der Waals surface area contributed by atoms with E-state index in [-0.39, 0.29) is 11.9 Å². The van der Waals surface area contributed by atoms with Gasteiger partial charge in [0.2, 0.25) is 0 Å². The molecule has 0 radical (unpaired) electrons. The van der Waals surface area contributed by atoms with Gasteiger partial charge in [0.25, 0.3) is 5.91 Å². The van der Waals surface area contributed by atoms with Gasteiger partial charge in [0.15, 0.2) is 5.82 Å². The summed E-state index contributed by atoms with van der Waals surface area (Å²) in [5.74, 6) is 1.52. The van der Waals surface area contributed by atoms with E-state index in [1.54, 1.807) is 24.5 Å². The highest BCUT2D eigenvalue weighted by Crippen LogP contribution is 2.18. The molecule has 1 atom stereocenters. The van der Waals surface area contributed by atoms with Crippen molar-refractivity contribution < 1.29 is 4.79 Å². The van der Waals surface area contributed by atoms with E-state index in [4.69, 9.17) is 11.6 Å². The molecule has 1 N–H and O–H groups in total. The molecule has 0 aliphatic carbocycles. The van der Waals surface area contributed by atoms with Gasteiger partial charge in [-0.2, -0.15) is 0 Å². The molecule has 1 amide bonds. The van der Waals surface area contributed by atoms with E-state index in [2.05, 4.69) is 30.0 Å². The van der Waals surface area contributed by atoms with E-state index in [1.807, 2.05) is 43.3 Å². The fraction of sp³-hybridized carbons (Fsp3) is 0.304. The summed E-state index contributed by atoms with van der Waals surface area (Å²) in [5.41, 5.74) is 1.62. The Kier molecular flexibility index (Phi) is 6.74. The van der Waals surface area contributed by atoms with Crippen LogP contribution in [-0.2, 0) is 13.0 Å². The second-order valence-corrected chi connectivity index (χ2v) is 8.08. The number of benzene rings is 1. The Morgan fingerprint density at radius 1 is 1.16 bits per heavy atom. The van der Waals surface area contributed by atoms with Gasteiger partial charge in [-0.1, -0.05) is 41.9 Å². The molecule has 4 rings (SSSR count).